The first kappa shape index (κ1) is 15.4. The highest BCUT2D eigenvalue weighted by atomic mass is 79.9. The van der Waals surface area contributed by atoms with Crippen molar-refractivity contribution in [2.24, 2.45) is 0 Å². The van der Waals surface area contributed by atoms with Crippen LogP contribution in [0, 0.1) is 20.8 Å². The Bertz CT molecular complexity index is 614. The van der Waals surface area contributed by atoms with Gasteiger partial charge in [-0.25, -0.2) is 0 Å². The molecule has 2 rings (SSSR count). The van der Waals surface area contributed by atoms with Crippen molar-refractivity contribution in [1.82, 2.24) is 0 Å². The Labute approximate surface area is 134 Å². The highest BCUT2D eigenvalue weighted by molar-refractivity contribution is 9.09. The van der Waals surface area contributed by atoms with Crippen molar-refractivity contribution in [2.45, 2.75) is 25.6 Å². The molecule has 0 saturated heterocycles. The first-order chi connectivity index (χ1) is 9.43. The molecule has 0 heterocycles. The van der Waals surface area contributed by atoms with Crippen LogP contribution in [0.5, 0.6) is 5.75 Å². The van der Waals surface area contributed by atoms with Crippen LogP contribution in [0.4, 0.5) is 0 Å². The van der Waals surface area contributed by atoms with E-state index in [4.69, 9.17) is 16.3 Å². The van der Waals surface area contributed by atoms with E-state index in [0.29, 0.717) is 5.02 Å². The number of alkyl halides is 1. The minimum Gasteiger partial charge on any atom is -0.497 e. The largest absolute Gasteiger partial charge is 0.497 e. The van der Waals surface area contributed by atoms with Gasteiger partial charge in [-0.3, -0.25) is 0 Å². The Kier molecular flexibility index (Phi) is 4.77. The number of ether oxygens (including phenoxy) is 1. The minimum atomic E-state index is 0.0847. The van der Waals surface area contributed by atoms with Crippen LogP contribution >= 0.6 is 27.5 Å². The maximum atomic E-state index is 6.38. The fourth-order valence-corrected chi connectivity index (χ4v) is 4.12. The number of benzene rings is 2. The molecular formula is C17H18BrClO. The Morgan fingerprint density at radius 2 is 1.65 bits per heavy atom. The Hall–Kier alpha value is -0.990. The molecule has 0 aromatic heterocycles. The molecular weight excluding hydrogens is 336 g/mol. The summed E-state index contributed by atoms with van der Waals surface area (Å²) in [7, 11) is 1.64. The maximum absolute atomic E-state index is 6.38. The Morgan fingerprint density at radius 3 is 2.15 bits per heavy atom. The van der Waals surface area contributed by atoms with E-state index in [1.54, 1.807) is 7.11 Å². The SMILES string of the molecule is COc1ccc(C(Br)c2c(C)cc(C)cc2C)c(Cl)c1. The smallest absolute Gasteiger partial charge is 0.120 e. The molecule has 1 nitrogen and oxygen atoms in total. The van der Waals surface area contributed by atoms with E-state index in [-0.39, 0.29) is 4.83 Å². The van der Waals surface area contributed by atoms with Gasteiger partial charge < -0.3 is 4.74 Å². The van der Waals surface area contributed by atoms with Crippen molar-refractivity contribution < 1.29 is 4.74 Å². The molecule has 0 aliphatic carbocycles. The summed E-state index contributed by atoms with van der Waals surface area (Å²) >= 11 is 10.2. The Balaban J connectivity index is 2.49. The summed E-state index contributed by atoms with van der Waals surface area (Å²) in [6.45, 7) is 6.40. The quantitative estimate of drug-likeness (QED) is 0.638. The predicted octanol–water partition coefficient (Wildman–Crippen LogP) is 5.76. The zero-order valence-electron chi connectivity index (χ0n) is 12.1. The standard InChI is InChI=1S/C17H18BrClO/c1-10-7-11(2)16(12(3)8-10)17(18)14-6-5-13(20-4)9-15(14)19/h5-9,17H,1-4H3. The second kappa shape index (κ2) is 6.19. The molecule has 1 unspecified atom stereocenters. The summed E-state index contributed by atoms with van der Waals surface area (Å²) in [4.78, 5) is 0.0847. The van der Waals surface area contributed by atoms with Crippen LogP contribution in [0.1, 0.15) is 32.6 Å². The van der Waals surface area contributed by atoms with Crippen LogP contribution < -0.4 is 4.74 Å². The Morgan fingerprint density at radius 1 is 1.05 bits per heavy atom. The summed E-state index contributed by atoms with van der Waals surface area (Å²) in [6.07, 6.45) is 0. The molecule has 0 saturated carbocycles. The molecule has 3 heteroatoms. The van der Waals surface area contributed by atoms with Gasteiger partial charge in [0.15, 0.2) is 0 Å². The highest BCUT2D eigenvalue weighted by Gasteiger charge is 2.18. The molecule has 20 heavy (non-hydrogen) atoms. The van der Waals surface area contributed by atoms with Crippen LogP contribution in [0.3, 0.4) is 0 Å². The molecule has 0 aliphatic rings. The average molecular weight is 354 g/mol. The number of aryl methyl sites for hydroxylation is 3. The van der Waals surface area contributed by atoms with Crippen LogP contribution in [0.15, 0.2) is 30.3 Å². The third-order valence-corrected chi connectivity index (χ3v) is 4.75. The van der Waals surface area contributed by atoms with Gasteiger partial charge >= 0.3 is 0 Å². The average Bonchev–Trinajstić information content (AvgIpc) is 2.37. The fraction of sp³-hybridized carbons (Fsp3) is 0.294. The second-order valence-electron chi connectivity index (χ2n) is 5.06. The van der Waals surface area contributed by atoms with Gasteiger partial charge in [-0.05, 0) is 55.2 Å². The number of rotatable bonds is 3. The lowest BCUT2D eigenvalue weighted by molar-refractivity contribution is 0.414. The van der Waals surface area contributed by atoms with E-state index in [2.05, 4.69) is 48.8 Å². The zero-order valence-corrected chi connectivity index (χ0v) is 14.5. The zero-order chi connectivity index (χ0) is 14.9. The van der Waals surface area contributed by atoms with E-state index < -0.39 is 0 Å². The monoisotopic (exact) mass is 352 g/mol. The van der Waals surface area contributed by atoms with E-state index in [1.807, 2.05) is 18.2 Å². The first-order valence-corrected chi connectivity index (χ1v) is 7.78. The van der Waals surface area contributed by atoms with E-state index >= 15 is 0 Å². The van der Waals surface area contributed by atoms with E-state index in [9.17, 15) is 0 Å². The second-order valence-corrected chi connectivity index (χ2v) is 6.39. The van der Waals surface area contributed by atoms with Crippen molar-refractivity contribution in [3.63, 3.8) is 0 Å². The normalized spacial score (nSPS) is 12.3. The topological polar surface area (TPSA) is 9.23 Å². The van der Waals surface area contributed by atoms with Gasteiger partial charge in [-0.15, -0.1) is 0 Å². The van der Waals surface area contributed by atoms with Crippen LogP contribution in [-0.2, 0) is 0 Å². The lowest BCUT2D eigenvalue weighted by Gasteiger charge is -2.19. The molecule has 0 bridgehead atoms. The van der Waals surface area contributed by atoms with E-state index in [1.165, 1.54) is 22.3 Å². The molecule has 0 fully saturated rings. The third-order valence-electron chi connectivity index (χ3n) is 3.47. The van der Waals surface area contributed by atoms with Crippen LogP contribution in [-0.4, -0.2) is 7.11 Å². The van der Waals surface area contributed by atoms with Gasteiger partial charge in [-0.2, -0.15) is 0 Å². The summed E-state index contributed by atoms with van der Waals surface area (Å²) in [5.74, 6) is 0.774. The number of halogens is 2. The van der Waals surface area contributed by atoms with Gasteiger partial charge in [0.05, 0.1) is 11.9 Å². The minimum absolute atomic E-state index is 0.0847. The molecule has 0 aliphatic heterocycles. The van der Waals surface area contributed by atoms with Gasteiger partial charge in [0.1, 0.15) is 5.75 Å². The van der Waals surface area contributed by atoms with Crippen molar-refractivity contribution in [1.29, 1.82) is 0 Å². The van der Waals surface area contributed by atoms with Gasteiger partial charge in [0, 0.05) is 5.02 Å². The molecule has 0 radical (unpaired) electrons. The van der Waals surface area contributed by atoms with Crippen molar-refractivity contribution >= 4 is 27.5 Å². The van der Waals surface area contributed by atoms with Gasteiger partial charge in [0.2, 0.25) is 0 Å². The molecule has 2 aromatic rings. The molecule has 106 valence electrons. The summed E-state index contributed by atoms with van der Waals surface area (Å²) in [6, 6.07) is 10.2. The number of methoxy groups -OCH3 is 1. The molecule has 0 N–H and O–H groups in total. The van der Waals surface area contributed by atoms with Gasteiger partial charge in [0.25, 0.3) is 0 Å². The van der Waals surface area contributed by atoms with Crippen molar-refractivity contribution in [2.75, 3.05) is 7.11 Å². The molecule has 0 spiro atoms. The van der Waals surface area contributed by atoms with Gasteiger partial charge in [-0.1, -0.05) is 51.3 Å². The molecule has 1 atom stereocenters. The molecule has 2 aromatic carbocycles. The lowest BCUT2D eigenvalue weighted by Crippen LogP contribution is -2.01. The summed E-state index contributed by atoms with van der Waals surface area (Å²) in [5.41, 5.74) is 6.17. The van der Waals surface area contributed by atoms with Crippen LogP contribution in [0.2, 0.25) is 5.02 Å². The lowest BCUT2D eigenvalue weighted by atomic mass is 9.94. The molecule has 0 amide bonds. The third kappa shape index (κ3) is 3.02. The van der Waals surface area contributed by atoms with Crippen molar-refractivity contribution in [3.8, 4) is 5.75 Å². The number of hydrogen-bond acceptors (Lipinski definition) is 1. The highest BCUT2D eigenvalue weighted by Crippen LogP contribution is 2.39. The van der Waals surface area contributed by atoms with E-state index in [0.717, 1.165) is 11.3 Å². The summed E-state index contributed by atoms with van der Waals surface area (Å²) in [5, 5.41) is 0.714. The summed E-state index contributed by atoms with van der Waals surface area (Å²) < 4.78 is 5.20. The van der Waals surface area contributed by atoms with Crippen molar-refractivity contribution in [3.05, 3.63) is 63.2 Å². The predicted molar refractivity (Wildman–Crippen MR) is 89.4 cm³/mol. The maximum Gasteiger partial charge on any atom is 0.120 e. The first-order valence-electron chi connectivity index (χ1n) is 6.49. The fourth-order valence-electron chi connectivity index (χ4n) is 2.59. The number of hydrogen-bond donors (Lipinski definition) is 0. The van der Waals surface area contributed by atoms with Crippen LogP contribution in [0.25, 0.3) is 0 Å².